The average Bonchev–Trinajstić information content (AvgIpc) is 2.83. The monoisotopic (exact) mass is 572 g/mol. The maximum absolute atomic E-state index is 13.4. The molecule has 3 rings (SSSR count). The number of carbonyl (C=O) groups excluding carboxylic acids is 1. The molecule has 0 radical (unpaired) electrons. The number of nitrogens with one attached hydrogen (secondary N) is 1. The molecule has 1 amide bonds. The number of halogens is 3. The normalized spacial score (nSPS) is 11.2. The molecule has 0 atom stereocenters. The lowest BCUT2D eigenvalue weighted by atomic mass is 10.2. The third-order valence-corrected chi connectivity index (χ3v) is 8.49. The van der Waals surface area contributed by atoms with Crippen molar-refractivity contribution in [2.45, 2.75) is 10.6 Å². The Morgan fingerprint density at radius 1 is 1.00 bits per heavy atom. The molecule has 0 unspecified atom stereocenters. The van der Waals surface area contributed by atoms with Gasteiger partial charge in [0.2, 0.25) is 5.91 Å². The molecule has 0 fully saturated rings. The molecule has 0 saturated heterocycles. The van der Waals surface area contributed by atoms with E-state index < -0.39 is 22.5 Å². The van der Waals surface area contributed by atoms with E-state index in [9.17, 15) is 13.2 Å². The second-order valence-corrected chi connectivity index (χ2v) is 11.6. The van der Waals surface area contributed by atoms with Crippen LogP contribution in [0.25, 0.3) is 0 Å². The van der Waals surface area contributed by atoms with Crippen LogP contribution < -0.4 is 14.4 Å². The molecular weight excluding hydrogens is 551 g/mol. The molecule has 1 N–H and O–H groups in total. The number of rotatable bonds is 11. The summed E-state index contributed by atoms with van der Waals surface area (Å²) in [5, 5.41) is 4.30. The smallest absolute Gasteiger partial charge is 0.264 e. The molecule has 0 aliphatic rings. The van der Waals surface area contributed by atoms with Crippen molar-refractivity contribution in [1.29, 1.82) is 0 Å². The van der Waals surface area contributed by atoms with Gasteiger partial charge in [-0.25, -0.2) is 8.42 Å². The topological polar surface area (TPSA) is 75.7 Å². The molecule has 6 nitrogen and oxygen atoms in total. The van der Waals surface area contributed by atoms with E-state index in [4.69, 9.17) is 39.5 Å². The third-order valence-electron chi connectivity index (χ3n) is 4.87. The molecular formula is C24H23Cl3N2O4S2. The van der Waals surface area contributed by atoms with E-state index in [0.717, 1.165) is 9.87 Å². The van der Waals surface area contributed by atoms with Crippen molar-refractivity contribution in [3.8, 4) is 5.75 Å². The van der Waals surface area contributed by atoms with E-state index >= 15 is 0 Å². The Bertz CT molecular complexity index is 1270. The fourth-order valence-corrected chi connectivity index (χ4v) is 6.11. The first-order valence-corrected chi connectivity index (χ1v) is 14.1. The predicted octanol–water partition coefficient (Wildman–Crippen LogP) is 5.90. The van der Waals surface area contributed by atoms with Crippen LogP contribution in [-0.2, 0) is 20.6 Å². The molecule has 11 heteroatoms. The van der Waals surface area contributed by atoms with Crippen LogP contribution >= 0.6 is 46.6 Å². The quantitative estimate of drug-likeness (QED) is 0.289. The third kappa shape index (κ3) is 7.69. The Morgan fingerprint density at radius 3 is 2.37 bits per heavy atom. The highest BCUT2D eigenvalue weighted by atomic mass is 35.5. The van der Waals surface area contributed by atoms with Crippen molar-refractivity contribution in [3.05, 3.63) is 87.4 Å². The molecule has 0 spiro atoms. The number of hydrogen-bond acceptors (Lipinski definition) is 5. The lowest BCUT2D eigenvalue weighted by Crippen LogP contribution is -2.41. The summed E-state index contributed by atoms with van der Waals surface area (Å²) in [5.74, 6) is 1.36. The van der Waals surface area contributed by atoms with Crippen molar-refractivity contribution in [2.24, 2.45) is 0 Å². The predicted molar refractivity (Wildman–Crippen MR) is 145 cm³/mol. The number of nitrogens with zero attached hydrogens (tertiary/aromatic N) is 1. The maximum atomic E-state index is 13.4. The molecule has 3 aromatic rings. The summed E-state index contributed by atoms with van der Waals surface area (Å²) < 4.78 is 33.0. The number of carbonyl (C=O) groups is 1. The first kappa shape index (κ1) is 27.5. The van der Waals surface area contributed by atoms with Gasteiger partial charge in [0.1, 0.15) is 12.3 Å². The number of thioether (sulfide) groups is 1. The second kappa shape index (κ2) is 12.7. The van der Waals surface area contributed by atoms with Gasteiger partial charge in [-0.15, -0.1) is 0 Å². The molecule has 0 aliphatic carbocycles. The van der Waals surface area contributed by atoms with Crippen LogP contribution in [0, 0.1) is 0 Å². The van der Waals surface area contributed by atoms with E-state index in [1.54, 1.807) is 54.2 Å². The Kier molecular flexibility index (Phi) is 10.0. The summed E-state index contributed by atoms with van der Waals surface area (Å²) >= 11 is 19.8. The summed E-state index contributed by atoms with van der Waals surface area (Å²) in [7, 11) is -2.55. The SMILES string of the molecule is COc1ccc(S(=O)(=O)N(CC(=O)NCCSCc2ccc(Cl)cc2Cl)c2cccc(Cl)c2)cc1. The lowest BCUT2D eigenvalue weighted by Gasteiger charge is -2.24. The molecule has 0 saturated carbocycles. The number of hydrogen-bond donors (Lipinski definition) is 1. The molecule has 35 heavy (non-hydrogen) atoms. The highest BCUT2D eigenvalue weighted by Crippen LogP contribution is 2.27. The lowest BCUT2D eigenvalue weighted by molar-refractivity contribution is -0.119. The van der Waals surface area contributed by atoms with E-state index in [1.165, 1.54) is 25.3 Å². The molecule has 0 aliphatic heterocycles. The zero-order chi connectivity index (χ0) is 25.4. The fraction of sp³-hybridized carbons (Fsp3) is 0.208. The summed E-state index contributed by atoms with van der Waals surface area (Å²) in [6.07, 6.45) is 0. The van der Waals surface area contributed by atoms with E-state index in [0.29, 0.717) is 38.9 Å². The van der Waals surface area contributed by atoms with Gasteiger partial charge in [0.05, 0.1) is 17.7 Å². The minimum Gasteiger partial charge on any atom is -0.497 e. The van der Waals surface area contributed by atoms with Crippen LogP contribution in [0.4, 0.5) is 5.69 Å². The minimum absolute atomic E-state index is 0.0291. The summed E-state index contributed by atoms with van der Waals surface area (Å²) in [6.45, 7) is -0.0386. The maximum Gasteiger partial charge on any atom is 0.264 e. The van der Waals surface area contributed by atoms with E-state index in [-0.39, 0.29) is 10.6 Å². The molecule has 3 aromatic carbocycles. The van der Waals surface area contributed by atoms with Crippen molar-refractivity contribution in [2.75, 3.05) is 30.3 Å². The average molecular weight is 574 g/mol. The van der Waals surface area contributed by atoms with Crippen molar-refractivity contribution in [3.63, 3.8) is 0 Å². The van der Waals surface area contributed by atoms with E-state index in [1.807, 2.05) is 6.07 Å². The number of ether oxygens (including phenoxy) is 1. The van der Waals surface area contributed by atoms with Gasteiger partial charge in [-0.3, -0.25) is 9.10 Å². The Labute approximate surface area is 224 Å². The number of amides is 1. The van der Waals surface area contributed by atoms with Gasteiger partial charge in [0, 0.05) is 33.1 Å². The van der Waals surface area contributed by atoms with Crippen LogP contribution in [0.2, 0.25) is 15.1 Å². The fourth-order valence-electron chi connectivity index (χ4n) is 3.09. The van der Waals surface area contributed by atoms with Crippen LogP contribution in [0.1, 0.15) is 5.56 Å². The van der Waals surface area contributed by atoms with Crippen molar-refractivity contribution < 1.29 is 17.9 Å². The Hall–Kier alpha value is -2.10. The van der Waals surface area contributed by atoms with Gasteiger partial charge < -0.3 is 10.1 Å². The van der Waals surface area contributed by atoms with Crippen molar-refractivity contribution in [1.82, 2.24) is 5.32 Å². The minimum atomic E-state index is -4.04. The van der Waals surface area contributed by atoms with Gasteiger partial charge in [-0.2, -0.15) is 11.8 Å². The largest absolute Gasteiger partial charge is 0.497 e. The zero-order valence-corrected chi connectivity index (χ0v) is 22.6. The molecule has 0 bridgehead atoms. The van der Waals surface area contributed by atoms with Gasteiger partial charge >= 0.3 is 0 Å². The van der Waals surface area contributed by atoms with Crippen LogP contribution in [-0.4, -0.2) is 40.3 Å². The summed E-state index contributed by atoms with van der Waals surface area (Å²) in [5.41, 5.74) is 1.24. The van der Waals surface area contributed by atoms with Gasteiger partial charge in [-0.05, 0) is 60.2 Å². The number of sulfonamides is 1. The first-order valence-electron chi connectivity index (χ1n) is 10.4. The van der Waals surface area contributed by atoms with Gasteiger partial charge in [-0.1, -0.05) is 46.9 Å². The Morgan fingerprint density at radius 2 is 1.71 bits per heavy atom. The van der Waals surface area contributed by atoms with Crippen LogP contribution in [0.3, 0.4) is 0 Å². The molecule has 0 aromatic heterocycles. The highest BCUT2D eigenvalue weighted by Gasteiger charge is 2.27. The van der Waals surface area contributed by atoms with E-state index in [2.05, 4.69) is 5.32 Å². The second-order valence-electron chi connectivity index (χ2n) is 7.31. The number of benzene rings is 3. The summed E-state index contributed by atoms with van der Waals surface area (Å²) in [4.78, 5) is 12.7. The standard InChI is InChI=1S/C24H23Cl3N2O4S2/c1-33-21-7-9-22(10-8-21)35(31,32)29(20-4-2-3-18(25)13-20)15-24(30)28-11-12-34-16-17-5-6-19(26)14-23(17)27/h2-10,13-14H,11-12,15-16H2,1H3,(H,28,30). The number of anilines is 1. The Balaban J connectivity index is 1.65. The van der Waals surface area contributed by atoms with Crippen molar-refractivity contribution >= 4 is 68.2 Å². The molecule has 186 valence electrons. The first-order chi connectivity index (χ1) is 16.7. The number of methoxy groups -OCH3 is 1. The van der Waals surface area contributed by atoms with Gasteiger partial charge in [0.15, 0.2) is 0 Å². The van der Waals surface area contributed by atoms with Gasteiger partial charge in [0.25, 0.3) is 10.0 Å². The van der Waals surface area contributed by atoms with Crippen LogP contribution in [0.5, 0.6) is 5.75 Å². The summed E-state index contributed by atoms with van der Waals surface area (Å²) in [6, 6.07) is 17.6. The highest BCUT2D eigenvalue weighted by molar-refractivity contribution is 7.98. The van der Waals surface area contributed by atoms with Crippen LogP contribution in [0.15, 0.2) is 71.6 Å². The zero-order valence-electron chi connectivity index (χ0n) is 18.7. The molecule has 0 heterocycles.